The van der Waals surface area contributed by atoms with Gasteiger partial charge in [0.15, 0.2) is 5.82 Å². The predicted octanol–water partition coefficient (Wildman–Crippen LogP) is 3.24. The molecule has 0 N–H and O–H groups in total. The Bertz CT molecular complexity index is 695. The number of amides is 1. The molecule has 0 spiro atoms. The summed E-state index contributed by atoms with van der Waals surface area (Å²) in [5.74, 6) is -0.694. The topological polar surface area (TPSA) is 54.5 Å². The van der Waals surface area contributed by atoms with E-state index in [0.29, 0.717) is 18.4 Å². The Morgan fingerprint density at radius 3 is 2.57 bits per heavy atom. The number of nitrogens with zero attached hydrogens (tertiary/aromatic N) is 1. The number of carbonyl (C=O) groups excluding carboxylic acids is 1. The summed E-state index contributed by atoms with van der Waals surface area (Å²) in [6.45, 7) is 2.61. The van der Waals surface area contributed by atoms with Crippen LogP contribution in [0.3, 0.4) is 0 Å². The van der Waals surface area contributed by atoms with Gasteiger partial charge in [0.25, 0.3) is 15.0 Å². The molecule has 1 aromatic rings. The van der Waals surface area contributed by atoms with Gasteiger partial charge in [0, 0.05) is 28.7 Å². The number of hydrogen-bond acceptors (Lipinski definition) is 3. The second kappa shape index (κ2) is 5.85. The molecule has 1 aliphatic rings. The van der Waals surface area contributed by atoms with Gasteiger partial charge in [-0.2, -0.15) is 0 Å². The molecule has 2 unspecified atom stereocenters. The van der Waals surface area contributed by atoms with Gasteiger partial charge in [-0.3, -0.25) is 4.79 Å². The second-order valence-electron chi connectivity index (χ2n) is 5.36. The van der Waals surface area contributed by atoms with Gasteiger partial charge in [0.05, 0.1) is 5.56 Å². The summed E-state index contributed by atoms with van der Waals surface area (Å²) in [4.78, 5) is 13.0. The molecule has 0 radical (unpaired) electrons. The lowest BCUT2D eigenvalue weighted by atomic mass is 10.2. The molecule has 4 nitrogen and oxygen atoms in total. The highest BCUT2D eigenvalue weighted by atomic mass is 79.9. The van der Waals surface area contributed by atoms with Gasteiger partial charge < -0.3 is 4.90 Å². The van der Waals surface area contributed by atoms with Crippen molar-refractivity contribution in [2.45, 2.75) is 18.2 Å². The third kappa shape index (κ3) is 3.76. The number of rotatable bonds is 4. The minimum absolute atomic E-state index is 0.277. The third-order valence-electron chi connectivity index (χ3n) is 3.63. The highest BCUT2D eigenvalue weighted by Crippen LogP contribution is 2.38. The number of hydrogen-bond donors (Lipinski definition) is 0. The summed E-state index contributed by atoms with van der Waals surface area (Å²) in [5, 5.41) is 0. The second-order valence-corrected chi connectivity index (χ2v) is 8.81. The summed E-state index contributed by atoms with van der Waals surface area (Å²) in [6.07, 6.45) is 1.04. The number of carbonyl (C=O) groups is 1. The molecule has 0 aliphatic heterocycles. The van der Waals surface area contributed by atoms with Crippen LogP contribution in [0.15, 0.2) is 21.5 Å². The molecule has 1 aliphatic carbocycles. The van der Waals surface area contributed by atoms with Crippen LogP contribution in [0.2, 0.25) is 0 Å². The Balaban J connectivity index is 2.34. The van der Waals surface area contributed by atoms with Crippen molar-refractivity contribution in [3.8, 4) is 0 Å². The van der Waals surface area contributed by atoms with E-state index in [2.05, 4.69) is 22.9 Å². The molecule has 0 aromatic heterocycles. The Morgan fingerprint density at radius 1 is 1.52 bits per heavy atom. The molecule has 1 amide bonds. The Kier molecular flexibility index (Phi) is 4.66. The van der Waals surface area contributed by atoms with Crippen LogP contribution in [0.4, 0.5) is 4.39 Å². The smallest absolute Gasteiger partial charge is 0.264 e. The fourth-order valence-electron chi connectivity index (χ4n) is 2.19. The first-order valence-corrected chi connectivity index (χ1v) is 9.40. The van der Waals surface area contributed by atoms with E-state index in [1.807, 2.05) is 0 Å². The van der Waals surface area contributed by atoms with E-state index in [-0.39, 0.29) is 10.0 Å². The van der Waals surface area contributed by atoms with Crippen molar-refractivity contribution in [1.29, 1.82) is 0 Å². The van der Waals surface area contributed by atoms with Crippen molar-refractivity contribution in [2.75, 3.05) is 13.6 Å². The van der Waals surface area contributed by atoms with E-state index in [1.54, 1.807) is 7.05 Å². The summed E-state index contributed by atoms with van der Waals surface area (Å²) in [5.41, 5.74) is -0.306. The average Bonchev–Trinajstić information content (AvgIpc) is 3.05. The first-order valence-electron chi connectivity index (χ1n) is 6.30. The molecule has 0 bridgehead atoms. The van der Waals surface area contributed by atoms with Gasteiger partial charge in [-0.1, -0.05) is 22.9 Å². The molecule has 1 fully saturated rings. The summed E-state index contributed by atoms with van der Waals surface area (Å²) in [7, 11) is 2.50. The number of halogens is 3. The lowest BCUT2D eigenvalue weighted by Crippen LogP contribution is -2.30. The van der Waals surface area contributed by atoms with Crippen molar-refractivity contribution in [1.82, 2.24) is 4.90 Å². The molecule has 0 heterocycles. The minimum Gasteiger partial charge on any atom is -0.341 e. The third-order valence-corrected chi connectivity index (χ3v) is 5.41. The summed E-state index contributed by atoms with van der Waals surface area (Å²) < 4.78 is 37.3. The van der Waals surface area contributed by atoms with E-state index < -0.39 is 25.7 Å². The van der Waals surface area contributed by atoms with Crippen LogP contribution in [-0.4, -0.2) is 32.8 Å². The number of benzene rings is 1. The normalized spacial score (nSPS) is 21.2. The van der Waals surface area contributed by atoms with Gasteiger partial charge in [-0.15, -0.1) is 0 Å². The average molecular weight is 399 g/mol. The van der Waals surface area contributed by atoms with Crippen molar-refractivity contribution >= 4 is 41.6 Å². The molecule has 2 atom stereocenters. The van der Waals surface area contributed by atoms with Crippen molar-refractivity contribution in [3.63, 3.8) is 0 Å². The first kappa shape index (κ1) is 16.7. The Labute approximate surface area is 135 Å². The molecule has 2 rings (SSSR count). The van der Waals surface area contributed by atoms with Gasteiger partial charge >= 0.3 is 0 Å². The molecular weight excluding hydrogens is 385 g/mol. The van der Waals surface area contributed by atoms with E-state index in [9.17, 15) is 17.6 Å². The maximum atomic E-state index is 14.3. The van der Waals surface area contributed by atoms with Crippen molar-refractivity contribution < 1.29 is 17.6 Å². The van der Waals surface area contributed by atoms with E-state index >= 15 is 0 Å². The first-order chi connectivity index (χ1) is 9.61. The highest BCUT2D eigenvalue weighted by molar-refractivity contribution is 9.10. The molecule has 8 heteroatoms. The largest absolute Gasteiger partial charge is 0.341 e. The zero-order valence-corrected chi connectivity index (χ0v) is 14.6. The quantitative estimate of drug-likeness (QED) is 0.732. The van der Waals surface area contributed by atoms with Crippen LogP contribution in [0.25, 0.3) is 0 Å². The maximum absolute atomic E-state index is 14.3. The maximum Gasteiger partial charge on any atom is 0.264 e. The minimum atomic E-state index is -4.26. The van der Waals surface area contributed by atoms with Crippen LogP contribution >= 0.6 is 26.6 Å². The zero-order chi connectivity index (χ0) is 15.9. The van der Waals surface area contributed by atoms with Gasteiger partial charge in [-0.25, -0.2) is 12.8 Å². The summed E-state index contributed by atoms with van der Waals surface area (Å²) in [6, 6.07) is 2.30. The Morgan fingerprint density at radius 2 is 2.10 bits per heavy atom. The molecule has 1 saturated carbocycles. The standard InChI is InChI=1S/C13H14BrClFNO3S/c1-7-3-8(7)6-17(2)13(18)10-4-9(14)5-11(12(10)16)21(15,19)20/h4-5,7-8H,3,6H2,1-2H3. The van der Waals surface area contributed by atoms with Gasteiger partial charge in [0.2, 0.25) is 0 Å². The molecule has 1 aromatic carbocycles. The van der Waals surface area contributed by atoms with Crippen LogP contribution in [-0.2, 0) is 9.05 Å². The van der Waals surface area contributed by atoms with Crippen LogP contribution in [0, 0.1) is 17.7 Å². The lowest BCUT2D eigenvalue weighted by molar-refractivity contribution is 0.0781. The summed E-state index contributed by atoms with van der Waals surface area (Å²) >= 11 is 3.07. The SMILES string of the molecule is CC1CC1CN(C)C(=O)c1cc(Br)cc(S(=O)(=O)Cl)c1F. The zero-order valence-electron chi connectivity index (χ0n) is 11.4. The molecule has 116 valence electrons. The van der Waals surface area contributed by atoms with Gasteiger partial charge in [0.1, 0.15) is 4.90 Å². The lowest BCUT2D eigenvalue weighted by Gasteiger charge is -2.18. The highest BCUT2D eigenvalue weighted by Gasteiger charge is 2.35. The molecule has 0 saturated heterocycles. The van der Waals surface area contributed by atoms with E-state index in [0.717, 1.165) is 12.5 Å². The fraction of sp³-hybridized carbons (Fsp3) is 0.462. The molecular formula is C13H14BrClFNO3S. The van der Waals surface area contributed by atoms with E-state index in [1.165, 1.54) is 11.0 Å². The van der Waals surface area contributed by atoms with Crippen LogP contribution in [0.5, 0.6) is 0 Å². The van der Waals surface area contributed by atoms with Crippen LogP contribution < -0.4 is 0 Å². The van der Waals surface area contributed by atoms with Crippen LogP contribution in [0.1, 0.15) is 23.7 Å². The van der Waals surface area contributed by atoms with E-state index in [4.69, 9.17) is 10.7 Å². The fourth-order valence-corrected chi connectivity index (χ4v) is 3.73. The molecule has 21 heavy (non-hydrogen) atoms. The van der Waals surface area contributed by atoms with Gasteiger partial charge in [-0.05, 0) is 30.4 Å². The monoisotopic (exact) mass is 397 g/mol. The predicted molar refractivity (Wildman–Crippen MR) is 81.4 cm³/mol. The van der Waals surface area contributed by atoms with Crippen molar-refractivity contribution in [2.24, 2.45) is 11.8 Å². The van der Waals surface area contributed by atoms with Crippen molar-refractivity contribution in [3.05, 3.63) is 28.0 Å². The Hall–Kier alpha value is -0.660.